The van der Waals surface area contributed by atoms with Gasteiger partial charge in [0.2, 0.25) is 5.88 Å². The van der Waals surface area contributed by atoms with Crippen LogP contribution < -0.4 is 20.1 Å². The van der Waals surface area contributed by atoms with Crippen LogP contribution in [0.3, 0.4) is 0 Å². The van der Waals surface area contributed by atoms with Crippen molar-refractivity contribution in [2.75, 3.05) is 40.0 Å². The van der Waals surface area contributed by atoms with E-state index in [4.69, 9.17) is 14.2 Å². The minimum atomic E-state index is 0.487. The highest BCUT2D eigenvalue weighted by atomic mass is 16.5. The van der Waals surface area contributed by atoms with Crippen molar-refractivity contribution in [2.45, 2.75) is 13.5 Å². The maximum absolute atomic E-state index is 5.67. The number of nitrogens with one attached hydrogen (secondary N) is 2. The van der Waals surface area contributed by atoms with Crippen molar-refractivity contribution in [1.82, 2.24) is 15.6 Å². The number of rotatable bonds is 11. The first-order chi connectivity index (χ1) is 13.3. The van der Waals surface area contributed by atoms with E-state index in [0.29, 0.717) is 38.8 Å². The number of pyridine rings is 1. The molecule has 1 aromatic carbocycles. The number of hydrogen-bond acceptors (Lipinski definition) is 5. The molecule has 0 fully saturated rings. The summed E-state index contributed by atoms with van der Waals surface area (Å²) in [5, 5.41) is 6.48. The first kappa shape index (κ1) is 20.5. The summed E-state index contributed by atoms with van der Waals surface area (Å²) in [5.74, 6) is 2.19. The SMILES string of the molecule is CCNC(=NCc1ccc(OCCOC)nc1)NCCOc1ccccc1. The van der Waals surface area contributed by atoms with Gasteiger partial charge < -0.3 is 24.8 Å². The Balaban J connectivity index is 1.76. The number of aromatic nitrogens is 1. The lowest BCUT2D eigenvalue weighted by molar-refractivity contribution is 0.143. The van der Waals surface area contributed by atoms with Crippen LogP contribution in [0, 0.1) is 0 Å². The largest absolute Gasteiger partial charge is 0.492 e. The zero-order valence-corrected chi connectivity index (χ0v) is 16.0. The van der Waals surface area contributed by atoms with Crippen molar-refractivity contribution in [3.63, 3.8) is 0 Å². The number of nitrogens with zero attached hydrogens (tertiary/aromatic N) is 2. The first-order valence-corrected chi connectivity index (χ1v) is 9.08. The molecule has 0 radical (unpaired) electrons. The van der Waals surface area contributed by atoms with Gasteiger partial charge in [0.25, 0.3) is 0 Å². The van der Waals surface area contributed by atoms with E-state index in [0.717, 1.165) is 23.8 Å². The second-order valence-corrected chi connectivity index (χ2v) is 5.63. The zero-order chi connectivity index (χ0) is 19.2. The summed E-state index contributed by atoms with van der Waals surface area (Å²) >= 11 is 0. The molecule has 0 amide bonds. The third-order valence-electron chi connectivity index (χ3n) is 3.51. The molecule has 0 aliphatic carbocycles. The van der Waals surface area contributed by atoms with Crippen LogP contribution in [0.1, 0.15) is 12.5 Å². The summed E-state index contributed by atoms with van der Waals surface area (Å²) in [4.78, 5) is 8.85. The number of methoxy groups -OCH3 is 1. The average molecular weight is 372 g/mol. The predicted octanol–water partition coefficient (Wildman–Crippen LogP) is 2.24. The van der Waals surface area contributed by atoms with E-state index in [2.05, 4.69) is 20.6 Å². The summed E-state index contributed by atoms with van der Waals surface area (Å²) < 4.78 is 16.1. The van der Waals surface area contributed by atoms with Crippen LogP contribution in [0.5, 0.6) is 11.6 Å². The van der Waals surface area contributed by atoms with Crippen LogP contribution >= 0.6 is 0 Å². The minimum Gasteiger partial charge on any atom is -0.492 e. The summed E-state index contributed by atoms with van der Waals surface area (Å²) in [5.41, 5.74) is 1.01. The van der Waals surface area contributed by atoms with Crippen molar-refractivity contribution in [3.05, 3.63) is 54.2 Å². The minimum absolute atomic E-state index is 0.487. The molecule has 0 atom stereocenters. The Labute approximate surface area is 160 Å². The predicted molar refractivity (Wildman–Crippen MR) is 106 cm³/mol. The molecule has 1 heterocycles. The zero-order valence-electron chi connectivity index (χ0n) is 16.0. The maximum atomic E-state index is 5.67. The second-order valence-electron chi connectivity index (χ2n) is 5.63. The fourth-order valence-corrected chi connectivity index (χ4v) is 2.19. The molecule has 0 aliphatic heterocycles. The van der Waals surface area contributed by atoms with Crippen molar-refractivity contribution in [2.24, 2.45) is 4.99 Å². The molecule has 0 spiro atoms. The lowest BCUT2D eigenvalue weighted by Crippen LogP contribution is -2.39. The van der Waals surface area contributed by atoms with Gasteiger partial charge in [-0.05, 0) is 24.6 Å². The third kappa shape index (κ3) is 8.42. The van der Waals surface area contributed by atoms with Gasteiger partial charge in [0.15, 0.2) is 5.96 Å². The van der Waals surface area contributed by atoms with E-state index in [1.807, 2.05) is 49.4 Å². The second kappa shape index (κ2) is 12.5. The molecular weight excluding hydrogens is 344 g/mol. The molecule has 0 saturated carbocycles. The topological polar surface area (TPSA) is 77.0 Å². The van der Waals surface area contributed by atoms with E-state index in [9.17, 15) is 0 Å². The fraction of sp³-hybridized carbons (Fsp3) is 0.400. The summed E-state index contributed by atoms with van der Waals surface area (Å²) in [6.07, 6.45) is 1.77. The van der Waals surface area contributed by atoms with E-state index in [-0.39, 0.29) is 0 Å². The van der Waals surface area contributed by atoms with E-state index >= 15 is 0 Å². The van der Waals surface area contributed by atoms with Crippen LogP contribution in [0.15, 0.2) is 53.7 Å². The fourth-order valence-electron chi connectivity index (χ4n) is 2.19. The third-order valence-corrected chi connectivity index (χ3v) is 3.51. The Morgan fingerprint density at radius 1 is 1.00 bits per heavy atom. The number of guanidine groups is 1. The highest BCUT2D eigenvalue weighted by Gasteiger charge is 2.00. The molecular formula is C20H28N4O3. The van der Waals surface area contributed by atoms with Gasteiger partial charge in [-0.2, -0.15) is 0 Å². The quantitative estimate of drug-likeness (QED) is 0.358. The van der Waals surface area contributed by atoms with Gasteiger partial charge in [0, 0.05) is 25.9 Å². The monoisotopic (exact) mass is 372 g/mol. The Morgan fingerprint density at radius 2 is 1.85 bits per heavy atom. The first-order valence-electron chi connectivity index (χ1n) is 9.08. The van der Waals surface area contributed by atoms with E-state index < -0.39 is 0 Å². The van der Waals surface area contributed by atoms with Crippen LogP contribution in [-0.2, 0) is 11.3 Å². The smallest absolute Gasteiger partial charge is 0.213 e. The highest BCUT2D eigenvalue weighted by Crippen LogP contribution is 2.09. The Morgan fingerprint density at radius 3 is 2.56 bits per heavy atom. The van der Waals surface area contributed by atoms with Crippen molar-refractivity contribution >= 4 is 5.96 Å². The molecule has 0 bridgehead atoms. The maximum Gasteiger partial charge on any atom is 0.213 e. The van der Waals surface area contributed by atoms with Crippen LogP contribution in [-0.4, -0.2) is 51.0 Å². The molecule has 2 N–H and O–H groups in total. The lowest BCUT2D eigenvalue weighted by Gasteiger charge is -2.12. The van der Waals surface area contributed by atoms with Crippen molar-refractivity contribution in [3.8, 4) is 11.6 Å². The molecule has 0 saturated heterocycles. The van der Waals surface area contributed by atoms with Crippen molar-refractivity contribution < 1.29 is 14.2 Å². The van der Waals surface area contributed by atoms with Crippen molar-refractivity contribution in [1.29, 1.82) is 0 Å². The van der Waals surface area contributed by atoms with Crippen LogP contribution in [0.4, 0.5) is 0 Å². The highest BCUT2D eigenvalue weighted by molar-refractivity contribution is 5.79. The van der Waals surface area contributed by atoms with Gasteiger partial charge in [0.05, 0.1) is 19.7 Å². The molecule has 7 heteroatoms. The number of ether oxygens (including phenoxy) is 3. The normalized spacial score (nSPS) is 11.1. The molecule has 146 valence electrons. The standard InChI is InChI=1S/C20H28N4O3/c1-3-21-20(22-11-12-26-18-7-5-4-6-8-18)24-16-17-9-10-19(23-15-17)27-14-13-25-2/h4-10,15H,3,11-14,16H2,1-2H3,(H2,21,22,24). The number of hydrogen-bond donors (Lipinski definition) is 2. The summed E-state index contributed by atoms with van der Waals surface area (Å²) in [6.45, 7) is 5.59. The average Bonchev–Trinajstić information content (AvgIpc) is 2.71. The Hall–Kier alpha value is -2.80. The molecule has 2 rings (SSSR count). The van der Waals surface area contributed by atoms with E-state index in [1.165, 1.54) is 0 Å². The van der Waals surface area contributed by atoms with Gasteiger partial charge in [-0.1, -0.05) is 24.3 Å². The summed E-state index contributed by atoms with van der Waals surface area (Å²) in [7, 11) is 1.64. The van der Waals surface area contributed by atoms with Crippen LogP contribution in [0.25, 0.3) is 0 Å². The molecule has 1 aromatic heterocycles. The Kier molecular flexibility index (Phi) is 9.52. The lowest BCUT2D eigenvalue weighted by atomic mass is 10.3. The Bertz CT molecular complexity index is 663. The van der Waals surface area contributed by atoms with Gasteiger partial charge in [-0.25, -0.2) is 9.98 Å². The van der Waals surface area contributed by atoms with E-state index in [1.54, 1.807) is 13.3 Å². The summed E-state index contributed by atoms with van der Waals surface area (Å²) in [6, 6.07) is 13.6. The van der Waals surface area contributed by atoms with Gasteiger partial charge in [0.1, 0.15) is 19.0 Å². The molecule has 27 heavy (non-hydrogen) atoms. The molecule has 7 nitrogen and oxygen atoms in total. The number of benzene rings is 1. The van der Waals surface area contributed by atoms with Gasteiger partial charge in [-0.3, -0.25) is 0 Å². The van der Waals surface area contributed by atoms with Gasteiger partial charge in [-0.15, -0.1) is 0 Å². The van der Waals surface area contributed by atoms with Gasteiger partial charge >= 0.3 is 0 Å². The molecule has 0 unspecified atom stereocenters. The molecule has 2 aromatic rings. The molecule has 0 aliphatic rings. The number of aliphatic imine (C=N–C) groups is 1. The van der Waals surface area contributed by atoms with Crippen LogP contribution in [0.2, 0.25) is 0 Å². The number of para-hydroxylation sites is 1.